The molecule has 1 aliphatic rings. The molecule has 0 spiro atoms. The fourth-order valence-electron chi connectivity index (χ4n) is 4.39. The van der Waals surface area contributed by atoms with Crippen LogP contribution in [0.5, 0.6) is 0 Å². The summed E-state index contributed by atoms with van der Waals surface area (Å²) in [4.78, 5) is 20.0. The number of amides is 1. The number of sulfonamides is 1. The summed E-state index contributed by atoms with van der Waals surface area (Å²) in [6, 6.07) is 15.0. The second-order valence-electron chi connectivity index (χ2n) is 8.43. The Hall–Kier alpha value is -3.63. The first-order valence-corrected chi connectivity index (χ1v) is 12.6. The molecule has 8 nitrogen and oxygen atoms in total. The van der Waals surface area contributed by atoms with E-state index in [1.165, 1.54) is 16.4 Å². The molecular formula is C25H23FN4O4S. The third-order valence-electron chi connectivity index (χ3n) is 6.18. The molecule has 180 valence electrons. The number of aryl methyl sites for hydroxylation is 2. The van der Waals surface area contributed by atoms with Crippen molar-refractivity contribution in [3.63, 3.8) is 0 Å². The lowest BCUT2D eigenvalue weighted by Crippen LogP contribution is -2.50. The van der Waals surface area contributed by atoms with E-state index >= 15 is 0 Å². The van der Waals surface area contributed by atoms with Crippen LogP contribution in [0.2, 0.25) is 0 Å². The summed E-state index contributed by atoms with van der Waals surface area (Å²) >= 11 is 0. The van der Waals surface area contributed by atoms with E-state index in [4.69, 9.17) is 4.52 Å². The van der Waals surface area contributed by atoms with Gasteiger partial charge in [-0.1, -0.05) is 23.4 Å². The highest BCUT2D eigenvalue weighted by molar-refractivity contribution is 7.89. The molecule has 4 aromatic rings. The number of carbonyl (C=O) groups excluding carboxylic acids is 1. The number of nitrogens with zero attached hydrogens (tertiary/aromatic N) is 4. The summed E-state index contributed by atoms with van der Waals surface area (Å²) in [5.74, 6) is -0.311. The monoisotopic (exact) mass is 494 g/mol. The van der Waals surface area contributed by atoms with E-state index in [0.717, 1.165) is 0 Å². The molecule has 2 aromatic carbocycles. The van der Waals surface area contributed by atoms with Crippen LogP contribution in [0.1, 0.15) is 21.8 Å². The van der Waals surface area contributed by atoms with E-state index in [1.807, 2.05) is 24.3 Å². The van der Waals surface area contributed by atoms with Crippen LogP contribution in [0, 0.1) is 19.7 Å². The predicted molar refractivity (Wildman–Crippen MR) is 128 cm³/mol. The molecule has 0 radical (unpaired) electrons. The first kappa shape index (κ1) is 23.1. The predicted octanol–water partition coefficient (Wildman–Crippen LogP) is 3.79. The average molecular weight is 495 g/mol. The Morgan fingerprint density at radius 2 is 1.69 bits per heavy atom. The molecule has 1 aliphatic heterocycles. The van der Waals surface area contributed by atoms with Crippen molar-refractivity contribution >= 4 is 26.8 Å². The fourth-order valence-corrected chi connectivity index (χ4v) is 6.11. The highest BCUT2D eigenvalue weighted by Crippen LogP contribution is 2.28. The van der Waals surface area contributed by atoms with Crippen molar-refractivity contribution in [1.29, 1.82) is 0 Å². The number of piperazine rings is 1. The highest BCUT2D eigenvalue weighted by atomic mass is 32.2. The van der Waals surface area contributed by atoms with Gasteiger partial charge in [-0.05, 0) is 50.2 Å². The SMILES string of the molecule is Cc1noc(C)c1S(=O)(=O)N1CCN(C(=O)c2cc(-c3ccc(F)cc3)nc3ccccc23)CC1. The summed E-state index contributed by atoms with van der Waals surface area (Å²) in [6.45, 7) is 3.96. The minimum atomic E-state index is -3.78. The Morgan fingerprint density at radius 1 is 1.00 bits per heavy atom. The standard InChI is InChI=1S/C25H23FN4O4S/c1-16-24(17(2)34-28-16)35(32,33)30-13-11-29(12-14-30)25(31)21-15-23(18-7-9-19(26)10-8-18)27-22-6-4-3-5-20(21)22/h3-10,15H,11-14H2,1-2H3. The maximum atomic E-state index is 13.6. The number of carbonyl (C=O) groups is 1. The minimum absolute atomic E-state index is 0.0846. The molecule has 1 amide bonds. The van der Waals surface area contributed by atoms with Crippen LogP contribution >= 0.6 is 0 Å². The minimum Gasteiger partial charge on any atom is -0.360 e. The number of para-hydroxylation sites is 1. The van der Waals surface area contributed by atoms with Gasteiger partial charge in [0.2, 0.25) is 10.0 Å². The van der Waals surface area contributed by atoms with Crippen LogP contribution in [0.4, 0.5) is 4.39 Å². The highest BCUT2D eigenvalue weighted by Gasteiger charge is 2.34. The molecular weight excluding hydrogens is 471 g/mol. The zero-order valence-electron chi connectivity index (χ0n) is 19.2. The normalized spacial score (nSPS) is 15.0. The molecule has 0 unspecified atom stereocenters. The molecule has 3 heterocycles. The second kappa shape index (κ2) is 8.86. The van der Waals surface area contributed by atoms with Gasteiger partial charge in [0.1, 0.15) is 16.4 Å². The van der Waals surface area contributed by atoms with Gasteiger partial charge in [0.05, 0.1) is 16.8 Å². The first-order valence-electron chi connectivity index (χ1n) is 11.1. The van der Waals surface area contributed by atoms with Gasteiger partial charge in [-0.15, -0.1) is 0 Å². The van der Waals surface area contributed by atoms with Crippen molar-refractivity contribution in [2.45, 2.75) is 18.7 Å². The van der Waals surface area contributed by atoms with Gasteiger partial charge in [-0.25, -0.2) is 17.8 Å². The van der Waals surface area contributed by atoms with E-state index in [0.29, 0.717) is 33.4 Å². The Kier molecular flexibility index (Phi) is 5.86. The van der Waals surface area contributed by atoms with Crippen molar-refractivity contribution in [3.8, 4) is 11.3 Å². The van der Waals surface area contributed by atoms with E-state index in [9.17, 15) is 17.6 Å². The van der Waals surface area contributed by atoms with E-state index in [-0.39, 0.29) is 48.6 Å². The number of rotatable bonds is 4. The number of halogens is 1. The fraction of sp³-hybridized carbons (Fsp3) is 0.240. The molecule has 0 aliphatic carbocycles. The number of fused-ring (bicyclic) bond motifs is 1. The Balaban J connectivity index is 1.43. The molecule has 0 saturated carbocycles. The molecule has 35 heavy (non-hydrogen) atoms. The van der Waals surface area contributed by atoms with Gasteiger partial charge in [0.15, 0.2) is 5.76 Å². The lowest BCUT2D eigenvalue weighted by Gasteiger charge is -2.34. The molecule has 5 rings (SSSR count). The molecule has 0 bridgehead atoms. The van der Waals surface area contributed by atoms with E-state index in [1.54, 1.807) is 36.9 Å². The summed E-state index contributed by atoms with van der Waals surface area (Å²) < 4.78 is 46.1. The smallest absolute Gasteiger partial charge is 0.254 e. The van der Waals surface area contributed by atoms with Crippen LogP contribution < -0.4 is 0 Å². The van der Waals surface area contributed by atoms with Crippen molar-refractivity contribution in [2.75, 3.05) is 26.2 Å². The third-order valence-corrected chi connectivity index (χ3v) is 8.32. The Labute approximate surface area is 202 Å². The number of benzene rings is 2. The van der Waals surface area contributed by atoms with Crippen molar-refractivity contribution in [2.24, 2.45) is 0 Å². The maximum Gasteiger partial charge on any atom is 0.254 e. The number of hydrogen-bond acceptors (Lipinski definition) is 6. The quantitative estimate of drug-likeness (QED) is 0.428. The van der Waals surface area contributed by atoms with Crippen LogP contribution in [0.25, 0.3) is 22.2 Å². The largest absolute Gasteiger partial charge is 0.360 e. The lowest BCUT2D eigenvalue weighted by molar-refractivity contribution is 0.0699. The van der Waals surface area contributed by atoms with Crippen molar-refractivity contribution in [1.82, 2.24) is 19.3 Å². The number of hydrogen-bond donors (Lipinski definition) is 0. The molecule has 10 heteroatoms. The first-order chi connectivity index (χ1) is 16.8. The Morgan fingerprint density at radius 3 is 2.34 bits per heavy atom. The topological polar surface area (TPSA) is 96.6 Å². The summed E-state index contributed by atoms with van der Waals surface area (Å²) in [7, 11) is -3.78. The summed E-state index contributed by atoms with van der Waals surface area (Å²) in [5, 5.41) is 4.46. The number of aromatic nitrogens is 2. The van der Waals surface area contributed by atoms with Gasteiger partial charge in [0, 0.05) is 37.1 Å². The van der Waals surface area contributed by atoms with Gasteiger partial charge in [-0.2, -0.15) is 4.31 Å². The molecule has 2 aromatic heterocycles. The second-order valence-corrected chi connectivity index (χ2v) is 10.3. The van der Waals surface area contributed by atoms with Gasteiger partial charge >= 0.3 is 0 Å². The zero-order valence-corrected chi connectivity index (χ0v) is 20.0. The van der Waals surface area contributed by atoms with Crippen molar-refractivity contribution < 1.29 is 22.1 Å². The maximum absolute atomic E-state index is 13.6. The van der Waals surface area contributed by atoms with Gasteiger partial charge in [-0.3, -0.25) is 4.79 Å². The van der Waals surface area contributed by atoms with Gasteiger partial charge < -0.3 is 9.42 Å². The zero-order chi connectivity index (χ0) is 24.7. The van der Waals surface area contributed by atoms with E-state index < -0.39 is 10.0 Å². The van der Waals surface area contributed by atoms with E-state index in [2.05, 4.69) is 10.1 Å². The lowest BCUT2D eigenvalue weighted by atomic mass is 10.0. The molecule has 1 fully saturated rings. The van der Waals surface area contributed by atoms with Crippen molar-refractivity contribution in [3.05, 3.63) is 77.4 Å². The molecule has 0 atom stereocenters. The third kappa shape index (κ3) is 4.19. The number of pyridine rings is 1. The summed E-state index contributed by atoms with van der Waals surface area (Å²) in [5.41, 5.74) is 2.69. The molecule has 0 N–H and O–H groups in total. The average Bonchev–Trinajstić information content (AvgIpc) is 3.22. The van der Waals surface area contributed by atoms with Crippen LogP contribution in [-0.2, 0) is 10.0 Å². The van der Waals surface area contributed by atoms with Gasteiger partial charge in [0.25, 0.3) is 5.91 Å². The summed E-state index contributed by atoms with van der Waals surface area (Å²) in [6.07, 6.45) is 0. The van der Waals surface area contributed by atoms with Crippen LogP contribution in [-0.4, -0.2) is 59.8 Å². The molecule has 1 saturated heterocycles. The van der Waals surface area contributed by atoms with Crippen LogP contribution in [0.3, 0.4) is 0 Å². The Bertz CT molecular complexity index is 1510. The van der Waals surface area contributed by atoms with Crippen LogP contribution in [0.15, 0.2) is 64.0 Å².